The van der Waals surface area contributed by atoms with Crippen molar-refractivity contribution in [3.8, 4) is 0 Å². The molecule has 0 saturated carbocycles. The molecule has 14 heavy (non-hydrogen) atoms. The summed E-state index contributed by atoms with van der Waals surface area (Å²) in [5.74, 6) is 0. The Morgan fingerprint density at radius 2 is 0.714 bits per heavy atom. The Morgan fingerprint density at radius 1 is 0.643 bits per heavy atom. The summed E-state index contributed by atoms with van der Waals surface area (Å²) in [6.45, 7) is 12.5. The van der Waals surface area contributed by atoms with Gasteiger partial charge in [-0.1, -0.05) is 41.5 Å². The van der Waals surface area contributed by atoms with Crippen molar-refractivity contribution in [2.45, 2.75) is 52.6 Å². The monoisotopic (exact) mass is 394 g/mol. The zero-order chi connectivity index (χ0) is 10.4. The summed E-state index contributed by atoms with van der Waals surface area (Å²) in [6.07, 6.45) is 0. The molecule has 0 radical (unpaired) electrons. The van der Waals surface area contributed by atoms with E-state index in [1.54, 1.807) is 0 Å². The van der Waals surface area contributed by atoms with Crippen LogP contribution in [0.4, 0.5) is 0 Å². The first-order valence-electron chi connectivity index (χ1n) is 4.34. The number of rotatable bonds is 0. The number of hydrogen-bond acceptors (Lipinski definition) is 0. The molecule has 0 aliphatic heterocycles. The Hall–Kier alpha value is 1.75. The summed E-state index contributed by atoms with van der Waals surface area (Å²) in [6, 6.07) is 0. The standard InChI is InChI=1S/2C5H12N.BrH.Nd/c2*1-5(2,3)6-4;;/h2*1-4H3;1H;/q2*-1;;. The molecule has 0 saturated heterocycles. The van der Waals surface area contributed by atoms with E-state index in [1.807, 2.05) is 14.1 Å². The van der Waals surface area contributed by atoms with Crippen LogP contribution >= 0.6 is 17.0 Å². The third kappa shape index (κ3) is 37.2. The second-order valence-electron chi connectivity index (χ2n) is 4.79. The van der Waals surface area contributed by atoms with Gasteiger partial charge < -0.3 is 10.6 Å². The third-order valence-electron chi connectivity index (χ3n) is 1.34. The first kappa shape index (κ1) is 24.8. The molecule has 0 atom stereocenters. The number of hydrogen-bond donors (Lipinski definition) is 0. The topological polar surface area (TPSA) is 28.2 Å². The Labute approximate surface area is 134 Å². The molecule has 4 heteroatoms. The summed E-state index contributed by atoms with van der Waals surface area (Å²) in [4.78, 5) is 0. The molecule has 0 heterocycles. The van der Waals surface area contributed by atoms with Crippen LogP contribution in [0.3, 0.4) is 0 Å². The molecule has 0 aromatic carbocycles. The van der Waals surface area contributed by atoms with E-state index >= 15 is 0 Å². The van der Waals surface area contributed by atoms with Gasteiger partial charge in [0.2, 0.25) is 0 Å². The molecule has 0 rings (SSSR count). The van der Waals surface area contributed by atoms with Gasteiger partial charge in [-0.3, -0.25) is 0 Å². The maximum atomic E-state index is 4.02. The molecule has 0 spiro atoms. The van der Waals surface area contributed by atoms with Gasteiger partial charge in [0, 0.05) is 40.8 Å². The van der Waals surface area contributed by atoms with Crippen molar-refractivity contribution in [3.63, 3.8) is 0 Å². The maximum Gasteiger partial charge on any atom is 0 e. The van der Waals surface area contributed by atoms with Gasteiger partial charge in [-0.25, -0.2) is 0 Å². The Balaban J connectivity index is -0.0000000625. The number of nitrogens with zero attached hydrogens (tertiary/aromatic N) is 2. The molecule has 0 fully saturated rings. The van der Waals surface area contributed by atoms with E-state index in [2.05, 4.69) is 52.2 Å². The first-order valence-corrected chi connectivity index (χ1v) is 4.34. The second kappa shape index (κ2) is 11.2. The molecule has 0 N–H and O–H groups in total. The van der Waals surface area contributed by atoms with Crippen LogP contribution in [0.25, 0.3) is 10.6 Å². The summed E-state index contributed by atoms with van der Waals surface area (Å²) in [5.41, 5.74) is 0.333. The third-order valence-corrected chi connectivity index (χ3v) is 1.34. The molecule has 0 aromatic rings. The smallest absolute Gasteiger partial charge is 0 e. The fourth-order valence-corrected chi connectivity index (χ4v) is 0. The van der Waals surface area contributed by atoms with E-state index in [0.29, 0.717) is 0 Å². The van der Waals surface area contributed by atoms with Crippen molar-refractivity contribution >= 4 is 17.0 Å². The van der Waals surface area contributed by atoms with Crippen LogP contribution in [-0.4, -0.2) is 25.2 Å². The molecular weight excluding hydrogens is 372 g/mol. The van der Waals surface area contributed by atoms with Gasteiger partial charge in [0.05, 0.1) is 0 Å². The minimum atomic E-state index is 0. The van der Waals surface area contributed by atoms with Crippen molar-refractivity contribution in [2.24, 2.45) is 0 Å². The minimum absolute atomic E-state index is 0. The summed E-state index contributed by atoms with van der Waals surface area (Å²) >= 11 is 0. The van der Waals surface area contributed by atoms with Crippen LogP contribution in [0, 0.1) is 40.8 Å². The van der Waals surface area contributed by atoms with E-state index in [4.69, 9.17) is 0 Å². The predicted octanol–water partition coefficient (Wildman–Crippen LogP) is 4.15. The van der Waals surface area contributed by atoms with Gasteiger partial charge >= 0.3 is 0 Å². The fraction of sp³-hybridized carbons (Fsp3) is 1.00. The zero-order valence-corrected chi connectivity index (χ0v) is 15.7. The summed E-state index contributed by atoms with van der Waals surface area (Å²) < 4.78 is 0. The van der Waals surface area contributed by atoms with Crippen molar-refractivity contribution in [1.82, 2.24) is 0 Å². The van der Waals surface area contributed by atoms with Crippen LogP contribution < -0.4 is 0 Å². The average molecular weight is 397 g/mol. The quantitative estimate of drug-likeness (QED) is 0.587. The largest absolute Gasteiger partial charge is 0.660 e. The van der Waals surface area contributed by atoms with Crippen LogP contribution in [0.2, 0.25) is 0 Å². The normalized spacial score (nSPS) is 10.3. The first-order chi connectivity index (χ1) is 5.12. The van der Waals surface area contributed by atoms with Crippen LogP contribution in [0.5, 0.6) is 0 Å². The Bertz CT molecular complexity index is 91.7. The molecule has 2 nitrogen and oxygen atoms in total. The molecule has 0 amide bonds. The average Bonchev–Trinajstić information content (AvgIpc) is 1.86. The van der Waals surface area contributed by atoms with Gasteiger partial charge in [-0.15, -0.1) is 28.1 Å². The van der Waals surface area contributed by atoms with Gasteiger partial charge in [0.25, 0.3) is 0 Å². The van der Waals surface area contributed by atoms with Crippen molar-refractivity contribution in [3.05, 3.63) is 10.6 Å². The molecular formula is C10H25BrN2Nd-2. The van der Waals surface area contributed by atoms with E-state index < -0.39 is 0 Å². The second-order valence-corrected chi connectivity index (χ2v) is 4.79. The summed E-state index contributed by atoms with van der Waals surface area (Å²) in [5, 5.41) is 8.04. The minimum Gasteiger partial charge on any atom is -0.660 e. The molecule has 0 aliphatic carbocycles. The van der Waals surface area contributed by atoms with Crippen LogP contribution in [0.1, 0.15) is 41.5 Å². The van der Waals surface area contributed by atoms with E-state index in [9.17, 15) is 0 Å². The Kier molecular flexibility index (Phi) is 19.9. The van der Waals surface area contributed by atoms with E-state index in [0.717, 1.165) is 0 Å². The zero-order valence-electron chi connectivity index (χ0n) is 10.8. The van der Waals surface area contributed by atoms with E-state index in [1.165, 1.54) is 0 Å². The summed E-state index contributed by atoms with van der Waals surface area (Å²) in [7, 11) is 3.67. The van der Waals surface area contributed by atoms with Crippen molar-refractivity contribution < 1.29 is 40.8 Å². The van der Waals surface area contributed by atoms with Gasteiger partial charge in [0.15, 0.2) is 0 Å². The molecule has 0 aromatic heterocycles. The Morgan fingerprint density at radius 3 is 0.714 bits per heavy atom. The van der Waals surface area contributed by atoms with Gasteiger partial charge in [-0.05, 0) is 0 Å². The van der Waals surface area contributed by atoms with Gasteiger partial charge in [0.1, 0.15) is 0 Å². The van der Waals surface area contributed by atoms with Crippen molar-refractivity contribution in [2.75, 3.05) is 14.1 Å². The fourth-order valence-electron chi connectivity index (χ4n) is 0. The number of halogens is 1. The van der Waals surface area contributed by atoms with Crippen LogP contribution in [-0.2, 0) is 0 Å². The SMILES string of the molecule is Br.C[N-]C(C)(C)C.C[N-]C(C)(C)C.[Nd]. The van der Waals surface area contributed by atoms with Crippen LogP contribution in [0.15, 0.2) is 0 Å². The molecule has 0 unspecified atom stereocenters. The molecule has 0 bridgehead atoms. The van der Waals surface area contributed by atoms with Gasteiger partial charge in [-0.2, -0.15) is 14.1 Å². The molecule has 0 aliphatic rings. The molecule has 88 valence electrons. The van der Waals surface area contributed by atoms with E-state index in [-0.39, 0.29) is 68.9 Å². The maximum absolute atomic E-state index is 4.02. The van der Waals surface area contributed by atoms with Crippen molar-refractivity contribution in [1.29, 1.82) is 0 Å². The predicted molar refractivity (Wildman–Crippen MR) is 68.4 cm³/mol.